The fraction of sp³-hybridized carbons (Fsp3) is 0.0909. The van der Waals surface area contributed by atoms with Gasteiger partial charge in [0, 0.05) is 18.0 Å². The molecule has 0 bridgehead atoms. The summed E-state index contributed by atoms with van der Waals surface area (Å²) in [5, 5.41) is 0. The van der Waals surface area contributed by atoms with Gasteiger partial charge < -0.3 is 0 Å². The summed E-state index contributed by atoms with van der Waals surface area (Å²) in [6, 6.07) is 7.52. The molecule has 0 aliphatic carbocycles. The van der Waals surface area contributed by atoms with Crippen molar-refractivity contribution < 1.29 is 13.2 Å². The fourth-order valence-electron chi connectivity index (χ4n) is 1.25. The molecule has 2 heterocycles. The SMILES string of the molecule is FC(F)(F)c1ccc(-c2ccccn2)cn1. The monoisotopic (exact) mass is 224 g/mol. The predicted octanol–water partition coefficient (Wildman–Crippen LogP) is 3.16. The van der Waals surface area contributed by atoms with Crippen LogP contribution in [0.15, 0.2) is 42.7 Å². The lowest BCUT2D eigenvalue weighted by atomic mass is 10.2. The molecule has 0 fully saturated rings. The van der Waals surface area contributed by atoms with Gasteiger partial charge in [0.05, 0.1) is 5.69 Å². The van der Waals surface area contributed by atoms with Crippen LogP contribution in [0, 0.1) is 0 Å². The maximum absolute atomic E-state index is 12.2. The van der Waals surface area contributed by atoms with Crippen LogP contribution in [-0.2, 0) is 6.18 Å². The molecule has 82 valence electrons. The second kappa shape index (κ2) is 3.92. The molecule has 0 atom stereocenters. The van der Waals surface area contributed by atoms with Crippen LogP contribution in [0.4, 0.5) is 13.2 Å². The topological polar surface area (TPSA) is 25.8 Å². The third-order valence-corrected chi connectivity index (χ3v) is 2.01. The molecule has 0 N–H and O–H groups in total. The summed E-state index contributed by atoms with van der Waals surface area (Å²) in [6.07, 6.45) is -1.65. The highest BCUT2D eigenvalue weighted by Gasteiger charge is 2.32. The number of aromatic nitrogens is 2. The van der Waals surface area contributed by atoms with E-state index in [0.717, 1.165) is 6.07 Å². The van der Waals surface area contributed by atoms with Gasteiger partial charge in [-0.2, -0.15) is 13.2 Å². The minimum Gasteiger partial charge on any atom is -0.256 e. The van der Waals surface area contributed by atoms with Crippen LogP contribution < -0.4 is 0 Å². The molecule has 0 unspecified atom stereocenters. The van der Waals surface area contributed by atoms with Gasteiger partial charge in [0.15, 0.2) is 0 Å². The van der Waals surface area contributed by atoms with E-state index in [1.807, 2.05) is 0 Å². The number of alkyl halides is 3. The Morgan fingerprint density at radius 2 is 1.75 bits per heavy atom. The Bertz CT molecular complexity index is 463. The summed E-state index contributed by atoms with van der Waals surface area (Å²) in [5.74, 6) is 0. The maximum Gasteiger partial charge on any atom is 0.433 e. The Hall–Kier alpha value is -1.91. The lowest BCUT2D eigenvalue weighted by Crippen LogP contribution is -2.07. The molecule has 0 radical (unpaired) electrons. The number of hydrogen-bond acceptors (Lipinski definition) is 2. The normalized spacial score (nSPS) is 11.4. The zero-order valence-electron chi connectivity index (χ0n) is 8.07. The average Bonchev–Trinajstić information content (AvgIpc) is 2.29. The Kier molecular flexibility index (Phi) is 2.60. The first-order chi connectivity index (χ1) is 7.57. The highest BCUT2D eigenvalue weighted by Crippen LogP contribution is 2.28. The molecule has 5 heteroatoms. The van der Waals surface area contributed by atoms with Gasteiger partial charge >= 0.3 is 6.18 Å². The standard InChI is InChI=1S/C11H7F3N2/c12-11(13,14)10-5-4-8(7-16-10)9-3-1-2-6-15-9/h1-7H. The van der Waals surface area contributed by atoms with Crippen LogP contribution in [0.5, 0.6) is 0 Å². The molecule has 0 amide bonds. The number of pyridine rings is 2. The minimum atomic E-state index is -4.40. The Morgan fingerprint density at radius 3 is 2.25 bits per heavy atom. The molecule has 2 aromatic heterocycles. The molecule has 2 nitrogen and oxygen atoms in total. The summed E-state index contributed by atoms with van der Waals surface area (Å²) in [6.45, 7) is 0. The third-order valence-electron chi connectivity index (χ3n) is 2.01. The van der Waals surface area contributed by atoms with E-state index in [1.165, 1.54) is 12.3 Å². The summed E-state index contributed by atoms with van der Waals surface area (Å²) in [7, 11) is 0. The Balaban J connectivity index is 2.34. The lowest BCUT2D eigenvalue weighted by molar-refractivity contribution is -0.141. The quantitative estimate of drug-likeness (QED) is 0.743. The van der Waals surface area contributed by atoms with E-state index < -0.39 is 11.9 Å². The maximum atomic E-state index is 12.2. The first-order valence-electron chi connectivity index (χ1n) is 4.52. The van der Waals surface area contributed by atoms with Crippen LogP contribution in [-0.4, -0.2) is 9.97 Å². The van der Waals surface area contributed by atoms with Crippen molar-refractivity contribution in [3.05, 3.63) is 48.4 Å². The molecule has 0 spiro atoms. The second-order valence-corrected chi connectivity index (χ2v) is 3.14. The molecule has 0 aliphatic heterocycles. The highest BCUT2D eigenvalue weighted by atomic mass is 19.4. The van der Waals surface area contributed by atoms with Gasteiger partial charge in [0.1, 0.15) is 5.69 Å². The predicted molar refractivity (Wildman–Crippen MR) is 52.5 cm³/mol. The van der Waals surface area contributed by atoms with Crippen molar-refractivity contribution in [1.29, 1.82) is 0 Å². The van der Waals surface area contributed by atoms with E-state index in [-0.39, 0.29) is 0 Å². The van der Waals surface area contributed by atoms with E-state index in [2.05, 4.69) is 9.97 Å². The first kappa shape index (κ1) is 10.6. The van der Waals surface area contributed by atoms with Crippen molar-refractivity contribution in [2.45, 2.75) is 6.18 Å². The number of halogens is 3. The van der Waals surface area contributed by atoms with Crippen molar-refractivity contribution in [2.24, 2.45) is 0 Å². The van der Waals surface area contributed by atoms with Gasteiger partial charge in [-0.05, 0) is 24.3 Å². The summed E-state index contributed by atoms with van der Waals surface area (Å²) < 4.78 is 36.7. The smallest absolute Gasteiger partial charge is 0.256 e. The number of rotatable bonds is 1. The average molecular weight is 224 g/mol. The van der Waals surface area contributed by atoms with E-state index in [1.54, 1.807) is 24.4 Å². The Labute approximate surface area is 89.8 Å². The van der Waals surface area contributed by atoms with Crippen LogP contribution in [0.3, 0.4) is 0 Å². The van der Waals surface area contributed by atoms with Crippen molar-refractivity contribution in [1.82, 2.24) is 9.97 Å². The van der Waals surface area contributed by atoms with E-state index >= 15 is 0 Å². The van der Waals surface area contributed by atoms with Gasteiger partial charge in [-0.15, -0.1) is 0 Å². The van der Waals surface area contributed by atoms with Gasteiger partial charge in [0.2, 0.25) is 0 Å². The highest BCUT2D eigenvalue weighted by molar-refractivity contribution is 5.57. The molecule has 16 heavy (non-hydrogen) atoms. The summed E-state index contributed by atoms with van der Waals surface area (Å²) in [4.78, 5) is 7.38. The van der Waals surface area contributed by atoms with Gasteiger partial charge in [0.25, 0.3) is 0 Å². The van der Waals surface area contributed by atoms with Crippen LogP contribution >= 0.6 is 0 Å². The van der Waals surface area contributed by atoms with Crippen molar-refractivity contribution in [2.75, 3.05) is 0 Å². The van der Waals surface area contributed by atoms with Crippen molar-refractivity contribution >= 4 is 0 Å². The third kappa shape index (κ3) is 2.18. The fourth-order valence-corrected chi connectivity index (χ4v) is 1.25. The zero-order chi connectivity index (χ0) is 11.6. The molecule has 2 aromatic rings. The van der Waals surface area contributed by atoms with E-state index in [9.17, 15) is 13.2 Å². The molecule has 0 saturated heterocycles. The molecule has 0 aromatic carbocycles. The van der Waals surface area contributed by atoms with Crippen LogP contribution in [0.1, 0.15) is 5.69 Å². The molecular formula is C11H7F3N2. The van der Waals surface area contributed by atoms with Crippen LogP contribution in [0.25, 0.3) is 11.3 Å². The van der Waals surface area contributed by atoms with Crippen molar-refractivity contribution in [3.63, 3.8) is 0 Å². The van der Waals surface area contributed by atoms with Gasteiger partial charge in [-0.25, -0.2) is 0 Å². The summed E-state index contributed by atoms with van der Waals surface area (Å²) >= 11 is 0. The Morgan fingerprint density at radius 1 is 0.938 bits per heavy atom. The van der Waals surface area contributed by atoms with Gasteiger partial charge in [-0.1, -0.05) is 6.07 Å². The molecule has 0 aliphatic rings. The van der Waals surface area contributed by atoms with E-state index in [0.29, 0.717) is 11.3 Å². The van der Waals surface area contributed by atoms with Crippen LogP contribution in [0.2, 0.25) is 0 Å². The van der Waals surface area contributed by atoms with Gasteiger partial charge in [-0.3, -0.25) is 9.97 Å². The zero-order valence-corrected chi connectivity index (χ0v) is 8.07. The largest absolute Gasteiger partial charge is 0.433 e. The molecular weight excluding hydrogens is 217 g/mol. The lowest BCUT2D eigenvalue weighted by Gasteiger charge is -2.05. The van der Waals surface area contributed by atoms with E-state index in [4.69, 9.17) is 0 Å². The second-order valence-electron chi connectivity index (χ2n) is 3.14. The van der Waals surface area contributed by atoms with Crippen molar-refractivity contribution in [3.8, 4) is 11.3 Å². The molecule has 2 rings (SSSR count). The summed E-state index contributed by atoms with van der Waals surface area (Å²) in [5.41, 5.74) is 0.268. The number of nitrogens with zero attached hydrogens (tertiary/aromatic N) is 2. The first-order valence-corrected chi connectivity index (χ1v) is 4.52. The number of hydrogen-bond donors (Lipinski definition) is 0. The molecule has 0 saturated carbocycles. The minimum absolute atomic E-state index is 0.564.